The highest BCUT2D eigenvalue weighted by Gasteiger charge is 2.30. The smallest absolute Gasteiger partial charge is 0.328 e. The number of aromatic nitrogens is 1. The zero-order valence-corrected chi connectivity index (χ0v) is 13.7. The van der Waals surface area contributed by atoms with E-state index >= 15 is 0 Å². The lowest BCUT2D eigenvalue weighted by molar-refractivity contribution is 0.623. The summed E-state index contributed by atoms with van der Waals surface area (Å²) in [4.78, 5) is 4.42. The van der Waals surface area contributed by atoms with Gasteiger partial charge in [-0.25, -0.2) is 0 Å². The molecule has 0 aliphatic carbocycles. The van der Waals surface area contributed by atoms with Crippen LogP contribution in [0.25, 0.3) is 5.57 Å². The third-order valence-corrected chi connectivity index (χ3v) is 4.58. The lowest BCUT2D eigenvalue weighted by Gasteiger charge is -2.10. The zero-order chi connectivity index (χ0) is 16.8. The fourth-order valence-electron chi connectivity index (χ4n) is 2.78. The molecular formula is C16H18BF2N3. The number of halogens is 2. The van der Waals surface area contributed by atoms with Crippen molar-refractivity contribution in [3.8, 4) is 6.07 Å². The van der Waals surface area contributed by atoms with E-state index in [-0.39, 0.29) is 11.3 Å². The molecule has 0 aromatic carbocycles. The van der Waals surface area contributed by atoms with Crippen molar-refractivity contribution in [1.82, 2.24) is 4.48 Å². The number of hydrogen-bond acceptors (Lipinski definition) is 2. The monoisotopic (exact) mass is 301 g/mol. The van der Waals surface area contributed by atoms with Gasteiger partial charge in [0.25, 0.3) is 0 Å². The predicted molar refractivity (Wildman–Crippen MR) is 86.0 cm³/mol. The van der Waals surface area contributed by atoms with E-state index in [1.54, 1.807) is 20.8 Å². The molecule has 2 heterocycles. The van der Waals surface area contributed by atoms with Gasteiger partial charge in [-0.2, -0.15) is 5.26 Å². The number of rotatable bonds is 2. The Bertz CT molecular complexity index is 789. The van der Waals surface area contributed by atoms with Gasteiger partial charge in [-0.15, -0.1) is 0 Å². The normalized spacial score (nSPS) is 16.8. The van der Waals surface area contributed by atoms with Crippen LogP contribution in [-0.2, 0) is 0 Å². The molecule has 0 spiro atoms. The maximum atomic E-state index is 13.5. The Labute approximate surface area is 129 Å². The lowest BCUT2D eigenvalue weighted by Crippen LogP contribution is -2.18. The van der Waals surface area contributed by atoms with Crippen molar-refractivity contribution in [3.63, 3.8) is 0 Å². The first-order valence-corrected chi connectivity index (χ1v) is 7.06. The molecule has 0 unspecified atom stereocenters. The summed E-state index contributed by atoms with van der Waals surface area (Å²) >= 11 is 0. The van der Waals surface area contributed by atoms with E-state index < -0.39 is 7.40 Å². The average molecular weight is 301 g/mol. The van der Waals surface area contributed by atoms with Crippen molar-refractivity contribution < 1.29 is 8.63 Å². The summed E-state index contributed by atoms with van der Waals surface area (Å²) in [6, 6.07) is 2.09. The van der Waals surface area contributed by atoms with Gasteiger partial charge in [-0.1, -0.05) is 0 Å². The van der Waals surface area contributed by atoms with E-state index in [0.717, 1.165) is 26.9 Å². The van der Waals surface area contributed by atoms with Gasteiger partial charge < -0.3 is 4.48 Å². The predicted octanol–water partition coefficient (Wildman–Crippen LogP) is 4.23. The Kier molecular flexibility index (Phi) is 4.10. The summed E-state index contributed by atoms with van der Waals surface area (Å²) in [5.41, 5.74) is 5.62. The van der Waals surface area contributed by atoms with Crippen LogP contribution >= 0.6 is 0 Å². The summed E-state index contributed by atoms with van der Waals surface area (Å²) in [5.74, 6) is 0. The molecule has 114 valence electrons. The highest BCUT2D eigenvalue weighted by Crippen LogP contribution is 2.35. The van der Waals surface area contributed by atoms with Crippen molar-refractivity contribution in [2.24, 2.45) is 4.99 Å². The Morgan fingerprint density at radius 1 is 1.05 bits per heavy atom. The maximum absolute atomic E-state index is 13.5. The molecule has 0 atom stereocenters. The molecule has 0 bridgehead atoms. The van der Waals surface area contributed by atoms with Crippen LogP contribution in [0.2, 0.25) is 0 Å². The Balaban J connectivity index is 2.87. The number of allylic oxidation sites excluding steroid dienone is 3. The SMILES string of the molecule is CC1=NC(=C(C#N)c2c(C)c(C)c(C)n2B(F)F)C(C)=C1C. The molecule has 0 saturated carbocycles. The summed E-state index contributed by atoms with van der Waals surface area (Å²) in [6.07, 6.45) is 0. The van der Waals surface area contributed by atoms with E-state index in [2.05, 4.69) is 11.1 Å². The summed E-state index contributed by atoms with van der Waals surface area (Å²) in [6.45, 7) is 10.9. The zero-order valence-electron chi connectivity index (χ0n) is 13.7. The quantitative estimate of drug-likeness (QED) is 0.595. The standard InChI is InChI=1S/C16H18BF2N3/c1-8-10(3)15(21-12(8)5)14(7-20)16-11(4)9(2)13(6)22(16)17(18)19/h1-6H3. The van der Waals surface area contributed by atoms with Gasteiger partial charge >= 0.3 is 7.40 Å². The Morgan fingerprint density at radius 2 is 1.64 bits per heavy atom. The van der Waals surface area contributed by atoms with Crippen LogP contribution in [0.15, 0.2) is 21.8 Å². The Hall–Kier alpha value is -2.16. The second-order valence-corrected chi connectivity index (χ2v) is 5.61. The molecule has 1 aliphatic rings. The molecule has 6 heteroatoms. The minimum atomic E-state index is -2.69. The van der Waals surface area contributed by atoms with Crippen LogP contribution in [0.4, 0.5) is 8.63 Å². The molecule has 1 aromatic heterocycles. The first-order chi connectivity index (χ1) is 10.2. The molecule has 0 N–H and O–H groups in total. The van der Waals surface area contributed by atoms with Crippen molar-refractivity contribution >= 4 is 18.7 Å². The van der Waals surface area contributed by atoms with Crippen molar-refractivity contribution in [2.45, 2.75) is 41.5 Å². The summed E-state index contributed by atoms with van der Waals surface area (Å²) in [7, 11) is -2.69. The molecule has 0 radical (unpaired) electrons. The molecule has 0 saturated heterocycles. The van der Waals surface area contributed by atoms with Crippen LogP contribution < -0.4 is 0 Å². The molecular weight excluding hydrogens is 283 g/mol. The van der Waals surface area contributed by atoms with Crippen LogP contribution in [-0.4, -0.2) is 17.6 Å². The van der Waals surface area contributed by atoms with Gasteiger partial charge in [0.1, 0.15) is 11.6 Å². The van der Waals surface area contributed by atoms with Gasteiger partial charge in [0.05, 0.1) is 11.4 Å². The molecule has 0 fully saturated rings. The molecule has 22 heavy (non-hydrogen) atoms. The van der Waals surface area contributed by atoms with Crippen LogP contribution in [0, 0.1) is 32.1 Å². The van der Waals surface area contributed by atoms with E-state index in [1.165, 1.54) is 0 Å². The molecule has 1 aromatic rings. The van der Waals surface area contributed by atoms with Gasteiger partial charge in [0, 0.05) is 11.4 Å². The highest BCUT2D eigenvalue weighted by atomic mass is 19.2. The largest absolute Gasteiger partial charge is 0.677 e. The fraction of sp³-hybridized carbons (Fsp3) is 0.375. The third-order valence-electron chi connectivity index (χ3n) is 4.58. The first kappa shape index (κ1) is 16.2. The average Bonchev–Trinajstić information content (AvgIpc) is 2.84. The van der Waals surface area contributed by atoms with Gasteiger partial charge in [0.15, 0.2) is 0 Å². The second kappa shape index (κ2) is 5.56. The first-order valence-electron chi connectivity index (χ1n) is 7.06. The van der Waals surface area contributed by atoms with Crippen molar-refractivity contribution in [1.29, 1.82) is 5.26 Å². The number of aliphatic imine (C=N–C) groups is 1. The highest BCUT2D eigenvalue weighted by molar-refractivity contribution is 6.41. The number of nitriles is 1. The van der Waals surface area contributed by atoms with E-state index in [4.69, 9.17) is 0 Å². The maximum Gasteiger partial charge on any atom is 0.677 e. The van der Waals surface area contributed by atoms with Crippen LogP contribution in [0.3, 0.4) is 0 Å². The van der Waals surface area contributed by atoms with Crippen molar-refractivity contribution in [2.75, 3.05) is 0 Å². The number of nitrogens with zero attached hydrogens (tertiary/aromatic N) is 3. The number of hydrogen-bond donors (Lipinski definition) is 0. The van der Waals surface area contributed by atoms with E-state index in [1.807, 2.05) is 20.8 Å². The van der Waals surface area contributed by atoms with Crippen LogP contribution in [0.5, 0.6) is 0 Å². The van der Waals surface area contributed by atoms with Gasteiger partial charge in [-0.3, -0.25) is 13.6 Å². The fourth-order valence-corrected chi connectivity index (χ4v) is 2.78. The Morgan fingerprint density at radius 3 is 2.05 bits per heavy atom. The van der Waals surface area contributed by atoms with E-state index in [9.17, 15) is 13.9 Å². The van der Waals surface area contributed by atoms with E-state index in [0.29, 0.717) is 17.0 Å². The minimum absolute atomic E-state index is 0.211. The summed E-state index contributed by atoms with van der Waals surface area (Å²) < 4.78 is 27.9. The lowest BCUT2D eigenvalue weighted by atomic mass is 10.00. The summed E-state index contributed by atoms with van der Waals surface area (Å²) in [5, 5.41) is 9.60. The molecule has 1 aliphatic heterocycles. The van der Waals surface area contributed by atoms with Gasteiger partial charge in [0.2, 0.25) is 0 Å². The molecule has 3 nitrogen and oxygen atoms in total. The minimum Gasteiger partial charge on any atom is -0.328 e. The van der Waals surface area contributed by atoms with Crippen LogP contribution in [0.1, 0.15) is 43.3 Å². The topological polar surface area (TPSA) is 41.1 Å². The third kappa shape index (κ3) is 2.21. The van der Waals surface area contributed by atoms with Crippen molar-refractivity contribution in [3.05, 3.63) is 39.4 Å². The molecule has 0 amide bonds. The second-order valence-electron chi connectivity index (χ2n) is 5.61. The van der Waals surface area contributed by atoms with Gasteiger partial charge in [-0.05, 0) is 63.8 Å². The molecule has 2 rings (SSSR count).